The van der Waals surface area contributed by atoms with E-state index in [-0.39, 0.29) is 12.0 Å². The quantitative estimate of drug-likeness (QED) is 0.675. The van der Waals surface area contributed by atoms with Crippen LogP contribution in [0.25, 0.3) is 11.1 Å². The molecule has 3 unspecified atom stereocenters. The summed E-state index contributed by atoms with van der Waals surface area (Å²) in [4.78, 5) is 12.8. The highest BCUT2D eigenvalue weighted by atomic mass is 16.1. The molecule has 0 fully saturated rings. The van der Waals surface area contributed by atoms with Gasteiger partial charge in [0.15, 0.2) is 5.78 Å². The van der Waals surface area contributed by atoms with E-state index in [1.165, 1.54) is 16.7 Å². The minimum absolute atomic E-state index is 0.102. The van der Waals surface area contributed by atoms with Crippen LogP contribution in [0, 0.1) is 5.92 Å². The third kappa shape index (κ3) is 5.54. The van der Waals surface area contributed by atoms with Crippen molar-refractivity contribution in [2.75, 3.05) is 0 Å². The molecular formula is C23H31NO. The van der Waals surface area contributed by atoms with Crippen LogP contribution in [0.5, 0.6) is 0 Å². The van der Waals surface area contributed by atoms with Gasteiger partial charge in [-0.3, -0.25) is 4.79 Å². The highest BCUT2D eigenvalue weighted by Gasteiger charge is 2.24. The number of hydrogen-bond donors (Lipinski definition) is 1. The van der Waals surface area contributed by atoms with Crippen LogP contribution in [0.3, 0.4) is 0 Å². The van der Waals surface area contributed by atoms with Crippen LogP contribution >= 0.6 is 0 Å². The van der Waals surface area contributed by atoms with Crippen LogP contribution in [0.2, 0.25) is 0 Å². The number of rotatable bonds is 9. The van der Waals surface area contributed by atoms with Crippen molar-refractivity contribution in [2.24, 2.45) is 5.92 Å². The van der Waals surface area contributed by atoms with E-state index < -0.39 is 0 Å². The zero-order valence-electron chi connectivity index (χ0n) is 16.0. The largest absolute Gasteiger partial charge is 0.305 e. The van der Waals surface area contributed by atoms with Gasteiger partial charge in [0.1, 0.15) is 0 Å². The van der Waals surface area contributed by atoms with Gasteiger partial charge in [-0.15, -0.1) is 0 Å². The molecule has 1 N–H and O–H groups in total. The fourth-order valence-electron chi connectivity index (χ4n) is 2.95. The Morgan fingerprint density at radius 3 is 2.04 bits per heavy atom. The summed E-state index contributed by atoms with van der Waals surface area (Å²) < 4.78 is 0. The Morgan fingerprint density at radius 1 is 0.880 bits per heavy atom. The van der Waals surface area contributed by atoms with Crippen LogP contribution in [-0.2, 0) is 11.2 Å². The van der Waals surface area contributed by atoms with E-state index in [2.05, 4.69) is 74.6 Å². The number of Topliss-reactive ketones (excluding diaryl/α,β-unsaturated/α-hetero) is 1. The van der Waals surface area contributed by atoms with Crippen molar-refractivity contribution >= 4 is 5.78 Å². The second kappa shape index (κ2) is 9.53. The van der Waals surface area contributed by atoms with E-state index in [9.17, 15) is 4.79 Å². The van der Waals surface area contributed by atoms with Crippen molar-refractivity contribution in [1.82, 2.24) is 5.32 Å². The van der Waals surface area contributed by atoms with E-state index >= 15 is 0 Å². The molecule has 0 aromatic heterocycles. The molecule has 25 heavy (non-hydrogen) atoms. The van der Waals surface area contributed by atoms with Gasteiger partial charge in [-0.25, -0.2) is 0 Å². The normalized spacial score (nSPS) is 14.7. The van der Waals surface area contributed by atoms with Crippen molar-refractivity contribution in [1.29, 1.82) is 0 Å². The van der Waals surface area contributed by atoms with Crippen molar-refractivity contribution in [2.45, 2.75) is 59.0 Å². The van der Waals surface area contributed by atoms with Crippen LogP contribution in [-0.4, -0.2) is 17.9 Å². The molecule has 0 spiro atoms. The van der Waals surface area contributed by atoms with Crippen molar-refractivity contribution in [3.8, 4) is 11.1 Å². The Hall–Kier alpha value is -1.93. The van der Waals surface area contributed by atoms with Gasteiger partial charge in [0, 0.05) is 12.0 Å². The summed E-state index contributed by atoms with van der Waals surface area (Å²) in [6.45, 7) is 8.41. The van der Waals surface area contributed by atoms with Crippen molar-refractivity contribution < 1.29 is 4.79 Å². The van der Waals surface area contributed by atoms with Crippen LogP contribution in [0.4, 0.5) is 0 Å². The topological polar surface area (TPSA) is 29.1 Å². The third-order valence-electron chi connectivity index (χ3n) is 5.04. The zero-order chi connectivity index (χ0) is 18.2. The predicted molar refractivity (Wildman–Crippen MR) is 107 cm³/mol. The molecule has 2 heteroatoms. The van der Waals surface area contributed by atoms with Gasteiger partial charge in [0.25, 0.3) is 0 Å². The summed E-state index contributed by atoms with van der Waals surface area (Å²) in [5.74, 6) is 0.431. The van der Waals surface area contributed by atoms with Gasteiger partial charge < -0.3 is 5.32 Å². The van der Waals surface area contributed by atoms with Crippen LogP contribution < -0.4 is 5.32 Å². The Morgan fingerprint density at radius 2 is 1.48 bits per heavy atom. The summed E-state index contributed by atoms with van der Waals surface area (Å²) in [5, 5.41) is 3.53. The molecule has 2 rings (SSSR count). The minimum Gasteiger partial charge on any atom is -0.305 e. The van der Waals surface area contributed by atoms with E-state index in [4.69, 9.17) is 0 Å². The van der Waals surface area contributed by atoms with Crippen LogP contribution in [0.1, 0.15) is 46.1 Å². The van der Waals surface area contributed by atoms with Gasteiger partial charge in [0.05, 0.1) is 6.04 Å². The second-order valence-electron chi connectivity index (χ2n) is 7.01. The van der Waals surface area contributed by atoms with E-state index in [1.54, 1.807) is 0 Å². The van der Waals surface area contributed by atoms with Gasteiger partial charge >= 0.3 is 0 Å². The molecular weight excluding hydrogens is 306 g/mol. The first-order valence-corrected chi connectivity index (χ1v) is 9.49. The lowest BCUT2D eigenvalue weighted by molar-refractivity contribution is -0.124. The molecule has 0 aliphatic heterocycles. The van der Waals surface area contributed by atoms with Crippen LogP contribution in [0.15, 0.2) is 54.6 Å². The molecule has 0 aliphatic carbocycles. The predicted octanol–water partition coefficient (Wildman–Crippen LogP) is 5.27. The minimum atomic E-state index is -0.104. The highest BCUT2D eigenvalue weighted by Crippen LogP contribution is 2.20. The molecule has 0 radical (unpaired) electrons. The van der Waals surface area contributed by atoms with E-state index in [1.807, 2.05) is 13.0 Å². The average Bonchev–Trinajstić information content (AvgIpc) is 2.67. The fraction of sp³-hybridized carbons (Fsp3) is 0.435. The molecule has 0 bridgehead atoms. The lowest BCUT2D eigenvalue weighted by Gasteiger charge is -2.24. The summed E-state index contributed by atoms with van der Waals surface area (Å²) in [7, 11) is 0. The molecule has 2 aromatic carbocycles. The lowest BCUT2D eigenvalue weighted by Crippen LogP contribution is -2.45. The summed E-state index contributed by atoms with van der Waals surface area (Å²) in [5.41, 5.74) is 3.64. The number of ketones is 1. The molecule has 0 heterocycles. The maximum absolute atomic E-state index is 12.8. The first-order valence-electron chi connectivity index (χ1n) is 9.49. The summed E-state index contributed by atoms with van der Waals surface area (Å²) in [6.07, 6.45) is 2.67. The first-order chi connectivity index (χ1) is 12.0. The van der Waals surface area contributed by atoms with E-state index in [0.717, 1.165) is 19.3 Å². The Bertz CT molecular complexity index is 648. The monoisotopic (exact) mass is 337 g/mol. The number of carbonyl (C=O) groups is 1. The molecule has 0 saturated heterocycles. The van der Waals surface area contributed by atoms with Gasteiger partial charge in [-0.2, -0.15) is 0 Å². The smallest absolute Gasteiger partial charge is 0.152 e. The van der Waals surface area contributed by atoms with E-state index in [0.29, 0.717) is 11.8 Å². The first kappa shape index (κ1) is 19.4. The van der Waals surface area contributed by atoms with Gasteiger partial charge in [-0.1, -0.05) is 75.4 Å². The molecule has 134 valence electrons. The summed E-state index contributed by atoms with van der Waals surface area (Å²) in [6, 6.07) is 19.2. The zero-order valence-corrected chi connectivity index (χ0v) is 16.0. The van der Waals surface area contributed by atoms with Gasteiger partial charge in [0.2, 0.25) is 0 Å². The average molecular weight is 338 g/mol. The third-order valence-corrected chi connectivity index (χ3v) is 5.04. The van der Waals surface area contributed by atoms with Gasteiger partial charge in [-0.05, 0) is 42.9 Å². The molecule has 0 saturated carbocycles. The highest BCUT2D eigenvalue weighted by molar-refractivity contribution is 5.86. The molecule has 0 aliphatic rings. The maximum Gasteiger partial charge on any atom is 0.152 e. The Kier molecular flexibility index (Phi) is 7.39. The standard InChI is InChI=1S/C23H31NO/c1-5-17(3)23(25)22(24-18(4)6-2)16-19-12-14-21(15-13-19)20-10-8-7-9-11-20/h7-15,17-18,22,24H,5-6,16H2,1-4H3. The number of benzene rings is 2. The van der Waals surface area contributed by atoms with Crippen molar-refractivity contribution in [3.05, 3.63) is 60.2 Å². The molecule has 2 nitrogen and oxygen atoms in total. The number of carbonyl (C=O) groups excluding carboxylic acids is 1. The Balaban J connectivity index is 2.13. The Labute approximate surface area is 152 Å². The molecule has 3 atom stereocenters. The second-order valence-corrected chi connectivity index (χ2v) is 7.01. The number of nitrogens with one attached hydrogen (secondary N) is 1. The number of hydrogen-bond acceptors (Lipinski definition) is 2. The SMILES string of the molecule is CCC(C)NC(Cc1ccc(-c2ccccc2)cc1)C(=O)C(C)CC. The molecule has 0 amide bonds. The lowest BCUT2D eigenvalue weighted by atomic mass is 9.92. The summed E-state index contributed by atoms with van der Waals surface area (Å²) >= 11 is 0. The fourth-order valence-corrected chi connectivity index (χ4v) is 2.95. The maximum atomic E-state index is 12.8. The molecule has 2 aromatic rings. The van der Waals surface area contributed by atoms with Crippen molar-refractivity contribution in [3.63, 3.8) is 0 Å².